The van der Waals surface area contributed by atoms with Crippen molar-refractivity contribution < 1.29 is 14.3 Å². The largest absolute Gasteiger partial charge is 0.477 e. The molecule has 1 aliphatic carbocycles. The first kappa shape index (κ1) is 13.6. The molecule has 0 aliphatic heterocycles. The molecule has 0 aromatic carbocycles. The molecule has 0 spiro atoms. The van der Waals surface area contributed by atoms with Gasteiger partial charge in [-0.25, -0.2) is 9.78 Å². The van der Waals surface area contributed by atoms with Gasteiger partial charge >= 0.3 is 5.97 Å². The molecular weight excluding hydrogens is 242 g/mol. The molecule has 2 atom stereocenters. The number of allylic oxidation sites excluding steroid dienone is 2. The van der Waals surface area contributed by atoms with Crippen LogP contribution in [0.1, 0.15) is 30.1 Å². The number of pyridine rings is 1. The first-order chi connectivity index (χ1) is 9.20. The summed E-state index contributed by atoms with van der Waals surface area (Å²) in [7, 11) is 1.36. The molecule has 0 amide bonds. The van der Waals surface area contributed by atoms with Gasteiger partial charge in [-0.15, -0.1) is 0 Å². The maximum Gasteiger partial charge on any atom is 0.338 e. The predicted molar refractivity (Wildman–Crippen MR) is 72.1 cm³/mol. The van der Waals surface area contributed by atoms with Crippen LogP contribution in [0.25, 0.3) is 0 Å². The molecular formula is C15H19NO3. The van der Waals surface area contributed by atoms with Gasteiger partial charge in [0.15, 0.2) is 0 Å². The molecule has 4 heteroatoms. The quantitative estimate of drug-likeness (QED) is 0.617. The van der Waals surface area contributed by atoms with Crippen molar-refractivity contribution in [3.63, 3.8) is 0 Å². The molecule has 0 bridgehead atoms. The lowest BCUT2D eigenvalue weighted by Crippen LogP contribution is -2.21. The lowest BCUT2D eigenvalue weighted by molar-refractivity contribution is 0.0599. The summed E-state index contributed by atoms with van der Waals surface area (Å²) in [5.41, 5.74) is 0.462. The molecule has 1 heterocycles. The van der Waals surface area contributed by atoms with E-state index in [-0.39, 0.29) is 5.97 Å². The Hall–Kier alpha value is -1.84. The Labute approximate surface area is 113 Å². The maximum absolute atomic E-state index is 11.4. The monoisotopic (exact) mass is 261 g/mol. The molecule has 2 rings (SSSR count). The van der Waals surface area contributed by atoms with Crippen molar-refractivity contribution in [1.29, 1.82) is 0 Å². The normalized spacial score (nSPS) is 22.0. The van der Waals surface area contributed by atoms with Crippen molar-refractivity contribution in [2.75, 3.05) is 13.7 Å². The average Bonchev–Trinajstić information content (AvgIpc) is 2.46. The number of nitrogens with zero attached hydrogens (tertiary/aromatic N) is 1. The van der Waals surface area contributed by atoms with E-state index in [1.54, 1.807) is 18.3 Å². The Morgan fingerprint density at radius 3 is 2.95 bits per heavy atom. The van der Waals surface area contributed by atoms with Crippen LogP contribution in [0.15, 0.2) is 30.5 Å². The van der Waals surface area contributed by atoms with Gasteiger partial charge in [-0.05, 0) is 30.7 Å². The minimum absolute atomic E-state index is 0.374. The highest BCUT2D eigenvalue weighted by molar-refractivity contribution is 5.89. The molecule has 0 N–H and O–H groups in total. The molecule has 102 valence electrons. The Balaban J connectivity index is 1.96. The second-order valence-electron chi connectivity index (χ2n) is 4.87. The number of esters is 1. The van der Waals surface area contributed by atoms with E-state index in [0.29, 0.717) is 29.9 Å². The van der Waals surface area contributed by atoms with Crippen LogP contribution in [0.5, 0.6) is 5.88 Å². The van der Waals surface area contributed by atoms with E-state index in [4.69, 9.17) is 4.74 Å². The molecule has 19 heavy (non-hydrogen) atoms. The second-order valence-corrected chi connectivity index (χ2v) is 4.87. The number of ether oxygens (including phenoxy) is 2. The molecule has 0 radical (unpaired) electrons. The second kappa shape index (κ2) is 6.36. The summed E-state index contributed by atoms with van der Waals surface area (Å²) in [5.74, 6) is 1.23. The van der Waals surface area contributed by atoms with Crippen molar-refractivity contribution in [1.82, 2.24) is 4.98 Å². The standard InChI is InChI=1S/C15H19NO3/c1-11-5-3-4-6-13(11)10-19-14-9-12(7-8-16-14)15(17)18-2/h3-4,7-9,11,13H,5-6,10H2,1-2H3. The molecule has 1 aliphatic rings. The van der Waals surface area contributed by atoms with E-state index in [2.05, 4.69) is 28.8 Å². The van der Waals surface area contributed by atoms with Gasteiger partial charge in [0, 0.05) is 12.3 Å². The number of hydrogen-bond acceptors (Lipinski definition) is 4. The van der Waals surface area contributed by atoms with E-state index in [0.717, 1.165) is 12.8 Å². The fraction of sp³-hybridized carbons (Fsp3) is 0.467. The van der Waals surface area contributed by atoms with E-state index in [1.165, 1.54) is 7.11 Å². The van der Waals surface area contributed by atoms with Crippen molar-refractivity contribution in [2.24, 2.45) is 11.8 Å². The predicted octanol–water partition coefficient (Wildman–Crippen LogP) is 2.85. The third-order valence-electron chi connectivity index (χ3n) is 3.52. The van der Waals surface area contributed by atoms with Gasteiger partial charge in [0.05, 0.1) is 19.3 Å². The van der Waals surface area contributed by atoms with E-state index >= 15 is 0 Å². The van der Waals surface area contributed by atoms with Crippen molar-refractivity contribution >= 4 is 5.97 Å². The fourth-order valence-corrected chi connectivity index (χ4v) is 2.16. The summed E-state index contributed by atoms with van der Waals surface area (Å²) in [5, 5.41) is 0. The van der Waals surface area contributed by atoms with Gasteiger partial charge in [0.25, 0.3) is 0 Å². The van der Waals surface area contributed by atoms with Crippen LogP contribution in [-0.4, -0.2) is 24.7 Å². The van der Waals surface area contributed by atoms with Crippen LogP contribution in [0.2, 0.25) is 0 Å². The number of methoxy groups -OCH3 is 1. The van der Waals surface area contributed by atoms with Crippen LogP contribution in [-0.2, 0) is 4.74 Å². The van der Waals surface area contributed by atoms with Crippen LogP contribution < -0.4 is 4.74 Å². The molecule has 4 nitrogen and oxygen atoms in total. The Bertz CT molecular complexity index is 470. The van der Waals surface area contributed by atoms with Crippen LogP contribution in [0.4, 0.5) is 0 Å². The first-order valence-electron chi connectivity index (χ1n) is 6.53. The number of carbonyl (C=O) groups excluding carboxylic acids is 1. The first-order valence-corrected chi connectivity index (χ1v) is 6.53. The van der Waals surface area contributed by atoms with E-state index in [1.807, 2.05) is 0 Å². The summed E-state index contributed by atoms with van der Waals surface area (Å²) in [4.78, 5) is 15.5. The molecule has 0 fully saturated rings. The number of hydrogen-bond donors (Lipinski definition) is 0. The molecule has 2 unspecified atom stereocenters. The van der Waals surface area contributed by atoms with Gasteiger partial charge in [-0.1, -0.05) is 19.1 Å². The van der Waals surface area contributed by atoms with Crippen LogP contribution in [0, 0.1) is 11.8 Å². The smallest absolute Gasteiger partial charge is 0.338 e. The highest BCUT2D eigenvalue weighted by atomic mass is 16.5. The minimum Gasteiger partial charge on any atom is -0.477 e. The van der Waals surface area contributed by atoms with Gasteiger partial charge in [-0.3, -0.25) is 0 Å². The zero-order valence-electron chi connectivity index (χ0n) is 11.3. The summed E-state index contributed by atoms with van der Waals surface area (Å²) < 4.78 is 10.4. The van der Waals surface area contributed by atoms with Crippen LogP contribution in [0.3, 0.4) is 0 Å². The Morgan fingerprint density at radius 1 is 1.42 bits per heavy atom. The van der Waals surface area contributed by atoms with E-state index < -0.39 is 0 Å². The van der Waals surface area contributed by atoms with Gasteiger partial charge in [0.2, 0.25) is 5.88 Å². The Morgan fingerprint density at radius 2 is 2.21 bits per heavy atom. The lowest BCUT2D eigenvalue weighted by Gasteiger charge is -2.24. The zero-order chi connectivity index (χ0) is 13.7. The highest BCUT2D eigenvalue weighted by Crippen LogP contribution is 2.25. The number of rotatable bonds is 4. The highest BCUT2D eigenvalue weighted by Gasteiger charge is 2.19. The summed E-state index contributed by atoms with van der Waals surface area (Å²) in [6.45, 7) is 2.86. The maximum atomic E-state index is 11.4. The zero-order valence-corrected chi connectivity index (χ0v) is 11.3. The van der Waals surface area contributed by atoms with Crippen LogP contribution >= 0.6 is 0 Å². The van der Waals surface area contributed by atoms with Gasteiger partial charge in [0.1, 0.15) is 0 Å². The number of carbonyl (C=O) groups is 1. The number of aromatic nitrogens is 1. The van der Waals surface area contributed by atoms with Crippen molar-refractivity contribution in [2.45, 2.75) is 19.8 Å². The summed E-state index contributed by atoms with van der Waals surface area (Å²) >= 11 is 0. The summed E-state index contributed by atoms with van der Waals surface area (Å²) in [6, 6.07) is 3.24. The van der Waals surface area contributed by atoms with Gasteiger partial charge in [-0.2, -0.15) is 0 Å². The Kier molecular flexibility index (Phi) is 4.55. The molecule has 0 saturated carbocycles. The summed E-state index contributed by atoms with van der Waals surface area (Å²) in [6.07, 6.45) is 8.12. The SMILES string of the molecule is COC(=O)c1ccnc(OCC2CC=CCC2C)c1. The van der Waals surface area contributed by atoms with E-state index in [9.17, 15) is 4.79 Å². The topological polar surface area (TPSA) is 48.4 Å². The lowest BCUT2D eigenvalue weighted by atomic mass is 9.85. The molecule has 1 aromatic heterocycles. The van der Waals surface area contributed by atoms with Crippen molar-refractivity contribution in [3.8, 4) is 5.88 Å². The molecule has 1 aromatic rings. The minimum atomic E-state index is -0.374. The van der Waals surface area contributed by atoms with Gasteiger partial charge < -0.3 is 9.47 Å². The average molecular weight is 261 g/mol. The third-order valence-corrected chi connectivity index (χ3v) is 3.52. The third kappa shape index (κ3) is 3.56. The fourth-order valence-electron chi connectivity index (χ4n) is 2.16. The molecule has 0 saturated heterocycles. The van der Waals surface area contributed by atoms with Crippen molar-refractivity contribution in [3.05, 3.63) is 36.0 Å².